The summed E-state index contributed by atoms with van der Waals surface area (Å²) in [5.41, 5.74) is 0.326. The fourth-order valence-electron chi connectivity index (χ4n) is 4.02. The molecule has 2 heterocycles. The van der Waals surface area contributed by atoms with Gasteiger partial charge in [-0.05, 0) is 63.1 Å². The molecule has 10 nitrogen and oxygen atoms in total. The molecule has 1 fully saturated rings. The zero-order valence-electron chi connectivity index (χ0n) is 21.1. The second-order valence-electron chi connectivity index (χ2n) is 9.38. The number of nitrogens with zero attached hydrogens (tertiary/aromatic N) is 3. The van der Waals surface area contributed by atoms with Crippen LogP contribution in [-0.2, 0) is 9.59 Å². The summed E-state index contributed by atoms with van der Waals surface area (Å²) in [6.45, 7) is 3.44. The second kappa shape index (κ2) is 10.3. The molecule has 3 N–H and O–H groups in total. The van der Waals surface area contributed by atoms with Crippen LogP contribution < -0.4 is 20.1 Å². The van der Waals surface area contributed by atoms with Crippen molar-refractivity contribution in [2.75, 3.05) is 17.2 Å². The lowest BCUT2D eigenvalue weighted by Gasteiger charge is -2.16. The molecule has 0 aliphatic heterocycles. The molecule has 2 aromatic heterocycles. The zero-order chi connectivity index (χ0) is 27.7. The van der Waals surface area contributed by atoms with Crippen molar-refractivity contribution < 1.29 is 33.0 Å². The van der Waals surface area contributed by atoms with Gasteiger partial charge in [-0.3, -0.25) is 9.59 Å². The Morgan fingerprint density at radius 1 is 1.08 bits per heavy atom. The molecule has 4 aromatic rings. The lowest BCUT2D eigenvalue weighted by Crippen LogP contribution is -2.35. The van der Waals surface area contributed by atoms with E-state index < -0.39 is 35.0 Å². The third kappa shape index (κ3) is 5.36. The van der Waals surface area contributed by atoms with Crippen molar-refractivity contribution >= 4 is 28.7 Å². The highest BCUT2D eigenvalue weighted by Crippen LogP contribution is 2.47. The molecule has 1 atom stereocenters. The number of carbonyl (C=O) groups is 2. The third-order valence-corrected chi connectivity index (χ3v) is 6.34. The van der Waals surface area contributed by atoms with Crippen LogP contribution in [0.4, 0.5) is 20.2 Å². The van der Waals surface area contributed by atoms with Crippen LogP contribution >= 0.6 is 0 Å². The summed E-state index contributed by atoms with van der Waals surface area (Å²) in [6, 6.07) is 9.09. The van der Waals surface area contributed by atoms with Crippen molar-refractivity contribution in [2.24, 2.45) is 5.41 Å². The van der Waals surface area contributed by atoms with E-state index in [4.69, 9.17) is 9.47 Å². The molecule has 0 saturated heterocycles. The number of fused-ring (bicyclic) bond motifs is 1. The van der Waals surface area contributed by atoms with Crippen LogP contribution in [0.15, 0.2) is 55.0 Å². The highest BCUT2D eigenvalue weighted by Gasteiger charge is 2.56. The van der Waals surface area contributed by atoms with Gasteiger partial charge in [0.2, 0.25) is 17.7 Å². The normalized spacial score (nSPS) is 14.5. The molecule has 1 aliphatic carbocycles. The van der Waals surface area contributed by atoms with E-state index in [0.717, 1.165) is 6.07 Å². The van der Waals surface area contributed by atoms with Crippen LogP contribution in [-0.4, -0.2) is 44.2 Å². The number of aliphatic hydroxyl groups excluding tert-OH is 1. The quantitative estimate of drug-likeness (QED) is 0.273. The minimum absolute atomic E-state index is 0.0817. The van der Waals surface area contributed by atoms with Crippen LogP contribution in [0.5, 0.6) is 17.4 Å². The van der Waals surface area contributed by atoms with E-state index in [1.165, 1.54) is 47.2 Å². The predicted octanol–water partition coefficient (Wildman–Crippen LogP) is 4.23. The molecule has 12 heteroatoms. The number of amides is 2. The fraction of sp³-hybridized carbons (Fsp3) is 0.259. The molecule has 1 saturated carbocycles. The largest absolute Gasteiger partial charge is 0.489 e. The predicted molar refractivity (Wildman–Crippen MR) is 137 cm³/mol. The average Bonchev–Trinajstić information content (AvgIpc) is 3.65. The monoisotopic (exact) mass is 537 g/mol. The highest BCUT2D eigenvalue weighted by molar-refractivity contribution is 6.16. The summed E-state index contributed by atoms with van der Waals surface area (Å²) in [6.07, 6.45) is 2.86. The maximum absolute atomic E-state index is 15.0. The van der Waals surface area contributed by atoms with Gasteiger partial charge in [-0.2, -0.15) is 10.1 Å². The Labute approximate surface area is 221 Å². The highest BCUT2D eigenvalue weighted by atomic mass is 19.1. The first-order valence-electron chi connectivity index (χ1n) is 12.2. The van der Waals surface area contributed by atoms with E-state index >= 15 is 4.39 Å². The van der Waals surface area contributed by atoms with Crippen LogP contribution in [0.25, 0.3) is 5.52 Å². The summed E-state index contributed by atoms with van der Waals surface area (Å²) < 4.78 is 41.0. The number of carbonyl (C=O) groups excluding carboxylic acids is 2. The minimum atomic E-state index is -1.28. The standard InChI is InChI=1S/C27H25F2N5O5/c1-15(35)13-38-22-12-34-23(16(22)2)24(30-14-31-34)39-21-8-7-19(11-20(21)29)33-26(37)27(9-10-27)25(36)32-18-5-3-17(28)4-6-18/h3-8,11-12,14-15,35H,9-10,13H2,1-2H3,(H,32,36)(H,33,37). The molecule has 39 heavy (non-hydrogen) atoms. The Balaban J connectivity index is 1.29. The second-order valence-corrected chi connectivity index (χ2v) is 9.38. The summed E-state index contributed by atoms with van der Waals surface area (Å²) in [5, 5.41) is 18.8. The van der Waals surface area contributed by atoms with E-state index in [9.17, 15) is 19.1 Å². The van der Waals surface area contributed by atoms with Gasteiger partial charge in [0.25, 0.3) is 0 Å². The Bertz CT molecular complexity index is 1550. The summed E-state index contributed by atoms with van der Waals surface area (Å²) in [4.78, 5) is 29.8. The lowest BCUT2D eigenvalue weighted by molar-refractivity contribution is -0.131. The van der Waals surface area contributed by atoms with Crippen molar-refractivity contribution in [3.05, 3.63) is 72.2 Å². The number of hydrogen-bond donors (Lipinski definition) is 3. The molecule has 0 spiro atoms. The molecule has 1 unspecified atom stereocenters. The van der Waals surface area contributed by atoms with Gasteiger partial charge in [-0.15, -0.1) is 0 Å². The van der Waals surface area contributed by atoms with Crippen LogP contribution in [0.2, 0.25) is 0 Å². The van der Waals surface area contributed by atoms with Crippen molar-refractivity contribution in [1.82, 2.24) is 14.6 Å². The first-order chi connectivity index (χ1) is 18.7. The van der Waals surface area contributed by atoms with Gasteiger partial charge in [-0.25, -0.2) is 13.3 Å². The molecule has 2 aromatic carbocycles. The molecular weight excluding hydrogens is 512 g/mol. The SMILES string of the molecule is Cc1c(OCC(C)O)cn2ncnc(Oc3ccc(NC(=O)C4(C(=O)Nc5ccc(F)cc5)CC4)cc3F)c12. The van der Waals surface area contributed by atoms with Crippen molar-refractivity contribution in [2.45, 2.75) is 32.8 Å². The number of halogens is 2. The zero-order valence-corrected chi connectivity index (χ0v) is 21.1. The van der Waals surface area contributed by atoms with E-state index in [0.29, 0.717) is 35.4 Å². The number of aliphatic hydroxyl groups is 1. The maximum Gasteiger partial charge on any atom is 0.247 e. The van der Waals surface area contributed by atoms with Crippen molar-refractivity contribution in [3.8, 4) is 17.4 Å². The van der Waals surface area contributed by atoms with Gasteiger partial charge < -0.3 is 25.2 Å². The molecule has 5 rings (SSSR count). The number of anilines is 2. The van der Waals surface area contributed by atoms with Gasteiger partial charge in [0.05, 0.1) is 12.3 Å². The number of hydrogen-bond acceptors (Lipinski definition) is 7. The Morgan fingerprint density at radius 2 is 1.74 bits per heavy atom. The molecule has 2 amide bonds. The van der Waals surface area contributed by atoms with E-state index in [-0.39, 0.29) is 23.9 Å². The average molecular weight is 538 g/mol. The van der Waals surface area contributed by atoms with Gasteiger partial charge in [-0.1, -0.05) is 0 Å². The summed E-state index contributed by atoms with van der Waals surface area (Å²) >= 11 is 0. The smallest absolute Gasteiger partial charge is 0.247 e. The maximum atomic E-state index is 15.0. The Kier molecular flexibility index (Phi) is 6.87. The number of ether oxygens (including phenoxy) is 2. The van der Waals surface area contributed by atoms with Gasteiger partial charge in [0.15, 0.2) is 11.6 Å². The van der Waals surface area contributed by atoms with Gasteiger partial charge in [0.1, 0.15) is 35.4 Å². The van der Waals surface area contributed by atoms with Crippen LogP contribution in [0.3, 0.4) is 0 Å². The first-order valence-corrected chi connectivity index (χ1v) is 12.2. The van der Waals surface area contributed by atoms with E-state index in [1.807, 2.05) is 0 Å². The molecule has 1 aliphatic rings. The molecule has 0 bridgehead atoms. The first kappa shape index (κ1) is 26.0. The van der Waals surface area contributed by atoms with Crippen molar-refractivity contribution in [3.63, 3.8) is 0 Å². The number of benzene rings is 2. The lowest BCUT2D eigenvalue weighted by atomic mass is 10.0. The van der Waals surface area contributed by atoms with Crippen molar-refractivity contribution in [1.29, 1.82) is 0 Å². The van der Waals surface area contributed by atoms with Gasteiger partial charge in [0, 0.05) is 23.0 Å². The third-order valence-electron chi connectivity index (χ3n) is 6.34. The molecule has 202 valence electrons. The Hall–Kier alpha value is -4.58. The summed E-state index contributed by atoms with van der Waals surface area (Å²) in [7, 11) is 0. The van der Waals surface area contributed by atoms with Crippen LogP contribution in [0, 0.1) is 24.0 Å². The number of rotatable bonds is 9. The van der Waals surface area contributed by atoms with Gasteiger partial charge >= 0.3 is 0 Å². The summed E-state index contributed by atoms with van der Waals surface area (Å²) in [5.74, 6) is -1.88. The van der Waals surface area contributed by atoms with E-state index in [1.54, 1.807) is 20.0 Å². The van der Waals surface area contributed by atoms with E-state index in [2.05, 4.69) is 20.7 Å². The Morgan fingerprint density at radius 3 is 2.38 bits per heavy atom. The molecule has 0 radical (unpaired) electrons. The number of aryl methyl sites for hydroxylation is 1. The van der Waals surface area contributed by atoms with Crippen LogP contribution in [0.1, 0.15) is 25.3 Å². The topological polar surface area (TPSA) is 127 Å². The number of nitrogens with one attached hydrogen (secondary N) is 2. The minimum Gasteiger partial charge on any atom is -0.489 e. The molecular formula is C27H25F2N5O5. The number of aromatic nitrogens is 3. The fourth-order valence-corrected chi connectivity index (χ4v) is 4.02.